The fraction of sp³-hybridized carbons (Fsp3) is 0.222. The molecule has 0 bridgehead atoms. The van der Waals surface area contributed by atoms with Gasteiger partial charge in [0.1, 0.15) is 0 Å². The van der Waals surface area contributed by atoms with E-state index in [2.05, 4.69) is 19.9 Å². The predicted octanol–water partition coefficient (Wildman–Crippen LogP) is 0.615. The highest BCUT2D eigenvalue weighted by Gasteiger charge is 2.49. The van der Waals surface area contributed by atoms with Crippen molar-refractivity contribution in [1.82, 2.24) is 20.2 Å². The molecule has 0 aliphatic carbocycles. The van der Waals surface area contributed by atoms with Crippen LogP contribution in [0, 0.1) is 0 Å². The third kappa shape index (κ3) is 1.80. The van der Waals surface area contributed by atoms with Crippen LogP contribution in [0.2, 0.25) is 0 Å². The second kappa shape index (κ2) is 3.73. The van der Waals surface area contributed by atoms with Crippen LogP contribution in [-0.4, -0.2) is 32.7 Å². The van der Waals surface area contributed by atoms with Crippen molar-refractivity contribution < 1.29 is 22.6 Å². The van der Waals surface area contributed by atoms with Crippen molar-refractivity contribution in [2.24, 2.45) is 0 Å². The highest BCUT2D eigenvalue weighted by Crippen LogP contribution is 2.41. The molecule has 1 aromatic carbocycles. The van der Waals surface area contributed by atoms with Gasteiger partial charge in [-0.2, -0.15) is 17.9 Å². The lowest BCUT2D eigenvalue weighted by molar-refractivity contribution is -0.281. The molecule has 3 rings (SSSR count). The first-order valence-electron chi connectivity index (χ1n) is 5.00. The number of hydrogen-bond donors (Lipinski definition) is 1. The lowest BCUT2D eigenvalue weighted by Crippen LogP contribution is -2.43. The molecule has 1 unspecified atom stereocenters. The molecule has 1 N–H and O–H groups in total. The fourth-order valence-corrected chi connectivity index (χ4v) is 1.54. The number of halogens is 3. The molecule has 2 aromatic rings. The van der Waals surface area contributed by atoms with Crippen LogP contribution in [0.4, 0.5) is 13.2 Å². The van der Waals surface area contributed by atoms with Crippen LogP contribution >= 0.6 is 0 Å². The first kappa shape index (κ1) is 11.6. The monoisotopic (exact) mass is 274 g/mol. The molecule has 2 heterocycles. The maximum Gasteiger partial charge on any atom is 0.468 e. The number of nitrogens with one attached hydrogen (secondary N) is 1. The van der Waals surface area contributed by atoms with Crippen molar-refractivity contribution in [1.29, 1.82) is 0 Å². The van der Waals surface area contributed by atoms with Gasteiger partial charge in [0.25, 0.3) is 0 Å². The molecule has 1 aliphatic rings. The zero-order chi connectivity index (χ0) is 13.6. The Bertz CT molecular complexity index is 683. The molecule has 0 saturated heterocycles. The number of nitrogens with zero attached hydrogens (tertiary/aromatic N) is 3. The minimum atomic E-state index is -4.06. The lowest BCUT2D eigenvalue weighted by Gasteiger charge is -2.28. The Balaban J connectivity index is 2.05. The molecule has 0 spiro atoms. The van der Waals surface area contributed by atoms with E-state index >= 15 is 0 Å². The smallest absolute Gasteiger partial charge is 0.447 e. The molecular weight excluding hydrogens is 269 g/mol. The SMILES string of the molecule is O=c1[nH]nnn1-c1ccc2c(c1)OC(F)C(F)(F)O2. The zero-order valence-electron chi connectivity index (χ0n) is 9.01. The van der Waals surface area contributed by atoms with Crippen molar-refractivity contribution in [3.8, 4) is 17.2 Å². The maximum atomic E-state index is 13.0. The number of alkyl halides is 3. The molecule has 100 valence electrons. The van der Waals surface area contributed by atoms with Crippen molar-refractivity contribution >= 4 is 0 Å². The molecule has 1 aromatic heterocycles. The Morgan fingerprint density at radius 2 is 2.16 bits per heavy atom. The summed E-state index contributed by atoms with van der Waals surface area (Å²) < 4.78 is 48.2. The molecule has 1 aliphatic heterocycles. The Morgan fingerprint density at radius 3 is 2.84 bits per heavy atom. The van der Waals surface area contributed by atoms with Gasteiger partial charge in [-0.25, -0.2) is 9.89 Å². The van der Waals surface area contributed by atoms with Crippen LogP contribution in [0.5, 0.6) is 11.5 Å². The van der Waals surface area contributed by atoms with Crippen molar-refractivity contribution in [2.45, 2.75) is 12.5 Å². The van der Waals surface area contributed by atoms with E-state index in [0.717, 1.165) is 16.8 Å². The first-order chi connectivity index (χ1) is 8.97. The van der Waals surface area contributed by atoms with Crippen LogP contribution in [-0.2, 0) is 0 Å². The Hall–Kier alpha value is -2.52. The molecule has 7 nitrogen and oxygen atoms in total. The minimum absolute atomic E-state index is 0.165. The number of fused-ring (bicyclic) bond motifs is 1. The highest BCUT2D eigenvalue weighted by molar-refractivity contribution is 5.49. The molecule has 0 radical (unpaired) electrons. The maximum absolute atomic E-state index is 13.0. The van der Waals surface area contributed by atoms with Crippen LogP contribution in [0.1, 0.15) is 0 Å². The van der Waals surface area contributed by atoms with Crippen LogP contribution in [0.15, 0.2) is 23.0 Å². The largest absolute Gasteiger partial charge is 0.468 e. The Morgan fingerprint density at radius 1 is 1.37 bits per heavy atom. The average Bonchev–Trinajstić information content (AvgIpc) is 2.76. The summed E-state index contributed by atoms with van der Waals surface area (Å²) in [6, 6.07) is 3.54. The Labute approximate surface area is 102 Å². The summed E-state index contributed by atoms with van der Waals surface area (Å²) in [7, 11) is 0. The van der Waals surface area contributed by atoms with Crippen LogP contribution in [0.25, 0.3) is 5.69 Å². The third-order valence-electron chi connectivity index (χ3n) is 2.38. The number of tetrazole rings is 1. The van der Waals surface area contributed by atoms with Gasteiger partial charge in [-0.1, -0.05) is 0 Å². The topological polar surface area (TPSA) is 82.0 Å². The van der Waals surface area contributed by atoms with E-state index in [4.69, 9.17) is 0 Å². The van der Waals surface area contributed by atoms with Gasteiger partial charge in [-0.3, -0.25) is 0 Å². The van der Waals surface area contributed by atoms with Gasteiger partial charge in [0.05, 0.1) is 5.69 Å². The fourth-order valence-electron chi connectivity index (χ4n) is 1.54. The van der Waals surface area contributed by atoms with Gasteiger partial charge in [-0.05, 0) is 22.6 Å². The number of benzene rings is 1. The summed E-state index contributed by atoms with van der Waals surface area (Å²) in [5, 5.41) is 8.75. The summed E-state index contributed by atoms with van der Waals surface area (Å²) in [4.78, 5) is 11.3. The molecule has 19 heavy (non-hydrogen) atoms. The molecule has 0 amide bonds. The standard InChI is InChI=1S/C9H5F3N4O3/c10-7-9(11,12)19-5-2-1-4(3-6(5)18-7)16-8(17)13-14-15-16/h1-3,7H,(H,13,15,17). The number of aromatic nitrogens is 4. The van der Waals surface area contributed by atoms with Crippen LogP contribution < -0.4 is 15.2 Å². The zero-order valence-corrected chi connectivity index (χ0v) is 9.01. The molecule has 10 heteroatoms. The average molecular weight is 274 g/mol. The highest BCUT2D eigenvalue weighted by atomic mass is 19.3. The Kier molecular flexibility index (Phi) is 2.27. The van der Waals surface area contributed by atoms with Gasteiger partial charge < -0.3 is 9.47 Å². The number of hydrogen-bond acceptors (Lipinski definition) is 5. The number of aromatic amines is 1. The summed E-state index contributed by atoms with van der Waals surface area (Å²) in [5.41, 5.74) is -0.475. The van der Waals surface area contributed by atoms with Crippen molar-refractivity contribution in [3.63, 3.8) is 0 Å². The first-order valence-corrected chi connectivity index (χ1v) is 5.00. The normalized spacial score (nSPS) is 20.3. The minimum Gasteiger partial charge on any atom is -0.447 e. The van der Waals surface area contributed by atoms with Crippen LogP contribution in [0.3, 0.4) is 0 Å². The summed E-state index contributed by atoms with van der Waals surface area (Å²) in [6.45, 7) is 0. The van der Waals surface area contributed by atoms with E-state index in [0.29, 0.717) is 0 Å². The van der Waals surface area contributed by atoms with Gasteiger partial charge >= 0.3 is 18.2 Å². The van der Waals surface area contributed by atoms with Gasteiger partial charge in [0, 0.05) is 6.07 Å². The lowest BCUT2D eigenvalue weighted by atomic mass is 10.2. The molecule has 1 atom stereocenters. The van der Waals surface area contributed by atoms with Gasteiger partial charge in [0.15, 0.2) is 11.5 Å². The summed E-state index contributed by atoms with van der Waals surface area (Å²) in [5.74, 6) is -0.593. The van der Waals surface area contributed by atoms with E-state index in [9.17, 15) is 18.0 Å². The van der Waals surface area contributed by atoms with Gasteiger partial charge in [-0.15, -0.1) is 0 Å². The summed E-state index contributed by atoms with van der Waals surface area (Å²) in [6.07, 6.45) is -6.98. The number of ether oxygens (including phenoxy) is 2. The quantitative estimate of drug-likeness (QED) is 0.824. The van der Waals surface area contributed by atoms with Crippen molar-refractivity contribution in [2.75, 3.05) is 0 Å². The molecule has 0 saturated carbocycles. The van der Waals surface area contributed by atoms with Gasteiger partial charge in [0.2, 0.25) is 0 Å². The third-order valence-corrected chi connectivity index (χ3v) is 2.38. The second-order valence-electron chi connectivity index (χ2n) is 3.65. The molecular formula is C9H5F3N4O3. The number of rotatable bonds is 1. The van der Waals surface area contributed by atoms with E-state index < -0.39 is 18.2 Å². The van der Waals surface area contributed by atoms with Crippen molar-refractivity contribution in [3.05, 3.63) is 28.7 Å². The number of H-pyrrole nitrogens is 1. The van der Waals surface area contributed by atoms with E-state index in [1.807, 2.05) is 5.10 Å². The molecule has 0 fully saturated rings. The summed E-state index contributed by atoms with van der Waals surface area (Å²) >= 11 is 0. The van der Waals surface area contributed by atoms with E-state index in [1.165, 1.54) is 6.07 Å². The van der Waals surface area contributed by atoms with E-state index in [1.54, 1.807) is 0 Å². The second-order valence-corrected chi connectivity index (χ2v) is 3.65. The predicted molar refractivity (Wildman–Crippen MR) is 53.1 cm³/mol. The van der Waals surface area contributed by atoms with E-state index in [-0.39, 0.29) is 17.2 Å².